The summed E-state index contributed by atoms with van der Waals surface area (Å²) in [5.41, 5.74) is 0.948. The lowest BCUT2D eigenvalue weighted by Crippen LogP contribution is -2.23. The summed E-state index contributed by atoms with van der Waals surface area (Å²) in [7, 11) is 0.532. The first-order chi connectivity index (χ1) is 11.3. The molecule has 1 aromatic carbocycles. The van der Waals surface area contributed by atoms with E-state index in [1.54, 1.807) is 6.07 Å². The summed E-state index contributed by atoms with van der Waals surface area (Å²) >= 11 is 0.999. The van der Waals surface area contributed by atoms with Crippen LogP contribution in [0.2, 0.25) is 0 Å². The highest BCUT2D eigenvalue weighted by Gasteiger charge is 2.23. The summed E-state index contributed by atoms with van der Waals surface area (Å²) < 4.78 is 34.8. The number of hydrogen-bond acceptors (Lipinski definition) is 7. The van der Waals surface area contributed by atoms with Crippen LogP contribution in [0.4, 0.5) is 5.69 Å². The molecule has 1 heterocycles. The van der Waals surface area contributed by atoms with E-state index >= 15 is 0 Å². The van der Waals surface area contributed by atoms with Crippen LogP contribution < -0.4 is 10.1 Å². The first kappa shape index (κ1) is 18.3. The zero-order valence-electron chi connectivity index (χ0n) is 13.7. The topological polar surface area (TPSA) is 101 Å². The number of hydrogen-bond donors (Lipinski definition) is 1. The maximum Gasteiger partial charge on any atom is 0.269 e. The predicted octanol–water partition coefficient (Wildman–Crippen LogP) is 1.61. The molecule has 0 saturated carbocycles. The fraction of sp³-hybridized carbons (Fsp3) is 0.357. The molecule has 0 atom stereocenters. The maximum absolute atomic E-state index is 12.4. The van der Waals surface area contributed by atoms with E-state index in [2.05, 4.69) is 14.9 Å². The van der Waals surface area contributed by atoms with Crippen LogP contribution in [0.3, 0.4) is 0 Å². The van der Waals surface area contributed by atoms with Crippen LogP contribution in [0.25, 0.3) is 0 Å². The number of amides is 1. The van der Waals surface area contributed by atoms with Crippen molar-refractivity contribution in [1.29, 1.82) is 0 Å². The Labute approximate surface area is 144 Å². The number of ether oxygens (including phenoxy) is 1. The standard InChI is InChI=1S/C14H18N4O4S2/c1-5-10-13(23-17-16-10)14(19)15-9-6-7-11(22-4)12(8-9)24(20,21)18(2)3/h6-8H,5H2,1-4H3,(H,15,19). The van der Waals surface area contributed by atoms with Gasteiger partial charge in [0.05, 0.1) is 12.8 Å². The number of anilines is 1. The minimum atomic E-state index is -3.71. The molecule has 0 fully saturated rings. The molecule has 1 aromatic heterocycles. The van der Waals surface area contributed by atoms with Crippen molar-refractivity contribution in [2.45, 2.75) is 18.2 Å². The molecule has 1 amide bonds. The van der Waals surface area contributed by atoms with Crippen LogP contribution in [0.1, 0.15) is 22.3 Å². The fourth-order valence-electron chi connectivity index (χ4n) is 1.95. The molecule has 10 heteroatoms. The van der Waals surface area contributed by atoms with Crippen molar-refractivity contribution >= 4 is 33.2 Å². The molecule has 0 aliphatic heterocycles. The molecule has 0 bridgehead atoms. The van der Waals surface area contributed by atoms with E-state index in [0.717, 1.165) is 15.8 Å². The van der Waals surface area contributed by atoms with Gasteiger partial charge in [-0.3, -0.25) is 4.79 Å². The van der Waals surface area contributed by atoms with Crippen molar-refractivity contribution in [3.63, 3.8) is 0 Å². The van der Waals surface area contributed by atoms with Gasteiger partial charge < -0.3 is 10.1 Å². The van der Waals surface area contributed by atoms with Gasteiger partial charge in [0.2, 0.25) is 10.0 Å². The van der Waals surface area contributed by atoms with Crippen LogP contribution in [0.5, 0.6) is 5.75 Å². The third-order valence-electron chi connectivity index (χ3n) is 3.28. The summed E-state index contributed by atoms with van der Waals surface area (Å²) in [5.74, 6) is -0.171. The fourth-order valence-corrected chi connectivity index (χ4v) is 3.67. The number of rotatable bonds is 6. The highest BCUT2D eigenvalue weighted by Crippen LogP contribution is 2.29. The van der Waals surface area contributed by atoms with Gasteiger partial charge >= 0.3 is 0 Å². The molecule has 0 aliphatic rings. The first-order valence-electron chi connectivity index (χ1n) is 7.04. The van der Waals surface area contributed by atoms with E-state index in [1.807, 2.05) is 6.92 Å². The van der Waals surface area contributed by atoms with Gasteiger partial charge in [-0.1, -0.05) is 11.4 Å². The van der Waals surface area contributed by atoms with Gasteiger partial charge in [-0.05, 0) is 36.2 Å². The summed E-state index contributed by atoms with van der Waals surface area (Å²) in [5, 5.41) is 6.56. The molecule has 0 saturated heterocycles. The monoisotopic (exact) mass is 370 g/mol. The largest absolute Gasteiger partial charge is 0.495 e. The van der Waals surface area contributed by atoms with E-state index in [4.69, 9.17) is 4.74 Å². The van der Waals surface area contributed by atoms with E-state index in [1.165, 1.54) is 33.3 Å². The Kier molecular flexibility index (Phi) is 5.52. The van der Waals surface area contributed by atoms with Gasteiger partial charge in [0.15, 0.2) is 0 Å². The molecule has 0 spiro atoms. The van der Waals surface area contributed by atoms with Crippen LogP contribution >= 0.6 is 11.5 Å². The second-order valence-electron chi connectivity index (χ2n) is 5.01. The van der Waals surface area contributed by atoms with Crippen LogP contribution in [-0.2, 0) is 16.4 Å². The smallest absolute Gasteiger partial charge is 0.269 e. The van der Waals surface area contributed by atoms with E-state index in [9.17, 15) is 13.2 Å². The number of carbonyl (C=O) groups excluding carboxylic acids is 1. The number of methoxy groups -OCH3 is 1. The zero-order valence-corrected chi connectivity index (χ0v) is 15.4. The molecular formula is C14H18N4O4S2. The molecule has 1 N–H and O–H groups in total. The van der Waals surface area contributed by atoms with Gasteiger partial charge in [0, 0.05) is 19.8 Å². The molecule has 0 aliphatic carbocycles. The van der Waals surface area contributed by atoms with Crippen LogP contribution in [0, 0.1) is 0 Å². The quantitative estimate of drug-likeness (QED) is 0.829. The summed E-state index contributed by atoms with van der Waals surface area (Å²) in [4.78, 5) is 12.7. The first-order valence-corrected chi connectivity index (χ1v) is 9.25. The normalized spacial score (nSPS) is 11.5. The molecule has 24 heavy (non-hydrogen) atoms. The third-order valence-corrected chi connectivity index (χ3v) is 5.88. The minimum absolute atomic E-state index is 0.0223. The highest BCUT2D eigenvalue weighted by atomic mass is 32.2. The lowest BCUT2D eigenvalue weighted by Gasteiger charge is -2.15. The molecule has 130 valence electrons. The van der Waals surface area contributed by atoms with E-state index in [0.29, 0.717) is 22.7 Å². The summed E-state index contributed by atoms with van der Waals surface area (Å²) in [6.45, 7) is 1.88. The average molecular weight is 370 g/mol. The Morgan fingerprint density at radius 3 is 2.67 bits per heavy atom. The van der Waals surface area contributed by atoms with Crippen molar-refractivity contribution in [3.05, 3.63) is 28.8 Å². The van der Waals surface area contributed by atoms with Crippen molar-refractivity contribution in [2.24, 2.45) is 0 Å². The van der Waals surface area contributed by atoms with Crippen LogP contribution in [-0.4, -0.2) is 49.4 Å². The summed E-state index contributed by atoms with van der Waals surface area (Å²) in [6, 6.07) is 4.44. The second-order valence-corrected chi connectivity index (χ2v) is 7.88. The highest BCUT2D eigenvalue weighted by molar-refractivity contribution is 7.89. The Hall–Kier alpha value is -2.04. The number of aromatic nitrogens is 2. The molecule has 8 nitrogen and oxygen atoms in total. The van der Waals surface area contributed by atoms with Crippen LogP contribution in [0.15, 0.2) is 23.1 Å². The lowest BCUT2D eigenvalue weighted by molar-refractivity contribution is 0.102. The van der Waals surface area contributed by atoms with Gasteiger partial charge in [-0.2, -0.15) is 0 Å². The minimum Gasteiger partial charge on any atom is -0.495 e. The van der Waals surface area contributed by atoms with Crippen molar-refractivity contribution < 1.29 is 17.9 Å². The van der Waals surface area contributed by atoms with Crippen molar-refractivity contribution in [2.75, 3.05) is 26.5 Å². The van der Waals surface area contributed by atoms with Gasteiger partial charge in [0.25, 0.3) is 5.91 Å². The number of nitrogens with zero attached hydrogens (tertiary/aromatic N) is 3. The van der Waals surface area contributed by atoms with E-state index < -0.39 is 10.0 Å². The third kappa shape index (κ3) is 3.55. The van der Waals surface area contributed by atoms with Gasteiger partial charge in [-0.15, -0.1) is 5.10 Å². The number of sulfonamides is 1. The zero-order chi connectivity index (χ0) is 17.9. The second kappa shape index (κ2) is 7.24. The molecule has 0 unspecified atom stereocenters. The van der Waals surface area contributed by atoms with Crippen molar-refractivity contribution in [1.82, 2.24) is 13.9 Å². The van der Waals surface area contributed by atoms with Gasteiger partial charge in [0.1, 0.15) is 15.5 Å². The number of aryl methyl sites for hydroxylation is 1. The average Bonchev–Trinajstić information content (AvgIpc) is 3.03. The Morgan fingerprint density at radius 2 is 2.08 bits per heavy atom. The molecular weight excluding hydrogens is 352 g/mol. The summed E-state index contributed by atoms with van der Waals surface area (Å²) in [6.07, 6.45) is 0.585. The van der Waals surface area contributed by atoms with Gasteiger partial charge in [-0.25, -0.2) is 12.7 Å². The van der Waals surface area contributed by atoms with Crippen molar-refractivity contribution in [3.8, 4) is 5.75 Å². The number of benzene rings is 1. The predicted molar refractivity (Wildman–Crippen MR) is 91.1 cm³/mol. The lowest BCUT2D eigenvalue weighted by atomic mass is 10.2. The Balaban J connectivity index is 2.38. The molecule has 2 aromatic rings. The van der Waals surface area contributed by atoms with E-state index in [-0.39, 0.29) is 16.6 Å². The molecule has 0 radical (unpaired) electrons. The Bertz CT molecular complexity index is 846. The SMILES string of the molecule is CCc1nnsc1C(=O)Nc1ccc(OC)c(S(=O)(=O)N(C)C)c1. The Morgan fingerprint density at radius 1 is 1.38 bits per heavy atom. The number of carbonyl (C=O) groups is 1. The molecule has 2 rings (SSSR count). The number of nitrogens with one attached hydrogen (secondary N) is 1. The maximum atomic E-state index is 12.4.